The highest BCUT2D eigenvalue weighted by Gasteiger charge is 2.33. The smallest absolute Gasteiger partial charge is 0.338 e. The van der Waals surface area contributed by atoms with Gasteiger partial charge in [0.15, 0.2) is 5.11 Å². The molecule has 6 nitrogen and oxygen atoms in total. The van der Waals surface area contributed by atoms with Crippen molar-refractivity contribution in [3.8, 4) is 0 Å². The average molecular weight is 375 g/mol. The number of anilines is 1. The van der Waals surface area contributed by atoms with Gasteiger partial charge in [-0.3, -0.25) is 4.79 Å². The summed E-state index contributed by atoms with van der Waals surface area (Å²) in [6, 6.07) is 6.96. The van der Waals surface area contributed by atoms with Gasteiger partial charge in [-0.15, -0.1) is 0 Å². The molecule has 1 aliphatic heterocycles. The largest absolute Gasteiger partial charge is 0.463 e. The Balaban J connectivity index is 2.42. The number of benzene rings is 1. The summed E-state index contributed by atoms with van der Waals surface area (Å²) in [6.45, 7) is 7.58. The van der Waals surface area contributed by atoms with Crippen LogP contribution in [-0.2, 0) is 14.3 Å². The summed E-state index contributed by atoms with van der Waals surface area (Å²) in [5.74, 6) is -0.565. The van der Waals surface area contributed by atoms with E-state index in [4.69, 9.17) is 17.0 Å². The molecule has 26 heavy (non-hydrogen) atoms. The number of esters is 1. The van der Waals surface area contributed by atoms with Crippen LogP contribution in [0.5, 0.6) is 0 Å². The van der Waals surface area contributed by atoms with Gasteiger partial charge in [-0.05, 0) is 43.8 Å². The predicted molar refractivity (Wildman–Crippen MR) is 105 cm³/mol. The van der Waals surface area contributed by atoms with E-state index >= 15 is 0 Å². The summed E-state index contributed by atoms with van der Waals surface area (Å²) in [6.07, 6.45) is 0. The van der Waals surface area contributed by atoms with Gasteiger partial charge < -0.3 is 20.3 Å². The van der Waals surface area contributed by atoms with Gasteiger partial charge in [0.05, 0.1) is 18.2 Å². The molecule has 0 saturated heterocycles. The minimum atomic E-state index is -0.436. The van der Waals surface area contributed by atoms with E-state index in [1.54, 1.807) is 18.9 Å². The number of ether oxygens (including phenoxy) is 1. The van der Waals surface area contributed by atoms with Crippen molar-refractivity contribution in [2.45, 2.75) is 33.7 Å². The Bertz CT molecular complexity index is 758. The molecule has 1 aliphatic rings. The molecule has 1 atom stereocenters. The van der Waals surface area contributed by atoms with Gasteiger partial charge in [-0.25, -0.2) is 4.79 Å². The summed E-state index contributed by atoms with van der Waals surface area (Å²) in [7, 11) is 1.80. The lowest BCUT2D eigenvalue weighted by Gasteiger charge is -2.35. The first-order valence-electron chi connectivity index (χ1n) is 8.59. The second-order valence-corrected chi connectivity index (χ2v) is 6.82. The summed E-state index contributed by atoms with van der Waals surface area (Å²) in [5.41, 5.74) is 2.75. The first-order valence-corrected chi connectivity index (χ1v) is 9.00. The number of allylic oxidation sites excluding steroid dienone is 1. The maximum Gasteiger partial charge on any atom is 0.338 e. The molecule has 0 unspecified atom stereocenters. The lowest BCUT2D eigenvalue weighted by Crippen LogP contribution is -2.46. The van der Waals surface area contributed by atoms with E-state index in [0.29, 0.717) is 23.0 Å². The van der Waals surface area contributed by atoms with E-state index in [9.17, 15) is 9.59 Å². The second-order valence-electron chi connectivity index (χ2n) is 6.43. The Kier molecular flexibility index (Phi) is 6.37. The maximum absolute atomic E-state index is 12.5. The molecule has 1 aromatic carbocycles. The fourth-order valence-corrected chi connectivity index (χ4v) is 2.90. The lowest BCUT2D eigenvalue weighted by molar-refractivity contribution is -0.139. The highest BCUT2D eigenvalue weighted by atomic mass is 32.1. The van der Waals surface area contributed by atoms with E-state index in [1.165, 1.54) is 0 Å². The van der Waals surface area contributed by atoms with Crippen molar-refractivity contribution < 1.29 is 14.3 Å². The monoisotopic (exact) mass is 375 g/mol. The zero-order valence-corrected chi connectivity index (χ0v) is 16.6. The summed E-state index contributed by atoms with van der Waals surface area (Å²) in [4.78, 5) is 26.3. The number of hydrogen-bond acceptors (Lipinski definition) is 4. The number of rotatable bonds is 5. The molecule has 7 heteroatoms. The first kappa shape index (κ1) is 19.9. The summed E-state index contributed by atoms with van der Waals surface area (Å²) < 4.78 is 5.24. The third kappa shape index (κ3) is 4.22. The third-order valence-corrected chi connectivity index (χ3v) is 4.65. The first-order chi connectivity index (χ1) is 12.3. The molecule has 140 valence electrons. The molecule has 0 radical (unpaired) electrons. The van der Waals surface area contributed by atoms with Crippen LogP contribution in [0.15, 0.2) is 35.5 Å². The van der Waals surface area contributed by atoms with Gasteiger partial charge in [0.2, 0.25) is 5.91 Å². The highest BCUT2D eigenvalue weighted by molar-refractivity contribution is 7.80. The molecule has 0 saturated carbocycles. The summed E-state index contributed by atoms with van der Waals surface area (Å²) in [5, 5.41) is 6.60. The Hall–Kier alpha value is -2.41. The van der Waals surface area contributed by atoms with Gasteiger partial charge in [0, 0.05) is 24.4 Å². The normalized spacial score (nSPS) is 17.2. The Labute approximate surface area is 159 Å². The van der Waals surface area contributed by atoms with Crippen LogP contribution in [0.25, 0.3) is 0 Å². The Morgan fingerprint density at radius 1 is 1.38 bits per heavy atom. The van der Waals surface area contributed by atoms with Gasteiger partial charge in [0.25, 0.3) is 0 Å². The van der Waals surface area contributed by atoms with Gasteiger partial charge in [0.1, 0.15) is 0 Å². The minimum absolute atomic E-state index is 0.0636. The van der Waals surface area contributed by atoms with Crippen LogP contribution in [0, 0.1) is 5.92 Å². The van der Waals surface area contributed by atoms with Crippen LogP contribution in [-0.4, -0.2) is 35.5 Å². The molecular formula is C19H25N3O3S. The number of nitrogens with zero attached hydrogens (tertiary/aromatic N) is 1. The predicted octanol–water partition coefficient (Wildman–Crippen LogP) is 2.98. The molecule has 0 aliphatic carbocycles. The maximum atomic E-state index is 12.5. The van der Waals surface area contributed by atoms with Crippen molar-refractivity contribution in [1.82, 2.24) is 10.2 Å². The molecule has 1 amide bonds. The number of nitrogens with one attached hydrogen (secondary N) is 2. The summed E-state index contributed by atoms with van der Waals surface area (Å²) >= 11 is 5.38. The number of hydrogen-bond donors (Lipinski definition) is 2. The van der Waals surface area contributed by atoms with Crippen LogP contribution in [0.3, 0.4) is 0 Å². The highest BCUT2D eigenvalue weighted by Crippen LogP contribution is 2.31. The van der Waals surface area contributed by atoms with Crippen molar-refractivity contribution in [1.29, 1.82) is 0 Å². The van der Waals surface area contributed by atoms with E-state index in [2.05, 4.69) is 10.6 Å². The standard InChI is InChI=1S/C19H25N3O3S/c1-6-25-18(24)15-12(4)22(5)19(26)21-16(15)13-8-7-9-14(10-13)20-17(23)11(2)3/h7-11,16H,6H2,1-5H3,(H,20,23)(H,21,26)/t16-/m1/s1. The molecule has 2 N–H and O–H groups in total. The van der Waals surface area contributed by atoms with Gasteiger partial charge in [-0.2, -0.15) is 0 Å². The van der Waals surface area contributed by atoms with E-state index < -0.39 is 6.04 Å². The van der Waals surface area contributed by atoms with E-state index in [0.717, 1.165) is 11.3 Å². The number of carbonyl (C=O) groups is 2. The molecule has 1 heterocycles. The van der Waals surface area contributed by atoms with Crippen molar-refractivity contribution in [2.24, 2.45) is 5.92 Å². The van der Waals surface area contributed by atoms with Gasteiger partial charge >= 0.3 is 5.97 Å². The number of carbonyl (C=O) groups excluding carboxylic acids is 2. The fourth-order valence-electron chi connectivity index (χ4n) is 2.64. The number of amides is 1. The van der Waals surface area contributed by atoms with E-state index in [1.807, 2.05) is 45.0 Å². The van der Waals surface area contributed by atoms with Crippen molar-refractivity contribution >= 4 is 34.9 Å². The van der Waals surface area contributed by atoms with E-state index in [-0.39, 0.29) is 17.8 Å². The Morgan fingerprint density at radius 2 is 2.08 bits per heavy atom. The zero-order valence-electron chi connectivity index (χ0n) is 15.8. The van der Waals surface area contributed by atoms with Crippen molar-refractivity contribution in [3.05, 3.63) is 41.1 Å². The van der Waals surface area contributed by atoms with Crippen LogP contribution < -0.4 is 10.6 Å². The Morgan fingerprint density at radius 3 is 2.69 bits per heavy atom. The van der Waals surface area contributed by atoms with Crippen molar-refractivity contribution in [3.63, 3.8) is 0 Å². The third-order valence-electron chi connectivity index (χ3n) is 4.26. The second kappa shape index (κ2) is 8.31. The molecule has 2 rings (SSSR count). The molecule has 0 fully saturated rings. The van der Waals surface area contributed by atoms with Gasteiger partial charge in [-0.1, -0.05) is 26.0 Å². The van der Waals surface area contributed by atoms with Crippen molar-refractivity contribution in [2.75, 3.05) is 19.0 Å². The SMILES string of the molecule is CCOC(=O)C1=C(C)N(C)C(=S)N[C@@H]1c1cccc(NC(=O)C(C)C)c1. The molecule has 0 bridgehead atoms. The molecule has 0 spiro atoms. The van der Waals surface area contributed by atoms with Crippen LogP contribution in [0.4, 0.5) is 5.69 Å². The van der Waals surface area contributed by atoms with Crippen LogP contribution >= 0.6 is 12.2 Å². The number of thiocarbonyl (C=S) groups is 1. The average Bonchev–Trinajstić information content (AvgIpc) is 2.59. The topological polar surface area (TPSA) is 70.7 Å². The zero-order chi connectivity index (χ0) is 19.4. The van der Waals surface area contributed by atoms with Crippen LogP contribution in [0.2, 0.25) is 0 Å². The molecule has 1 aromatic rings. The quantitative estimate of drug-likeness (QED) is 0.609. The minimum Gasteiger partial charge on any atom is -0.463 e. The fraction of sp³-hybridized carbons (Fsp3) is 0.421. The lowest BCUT2D eigenvalue weighted by atomic mass is 9.94. The van der Waals surface area contributed by atoms with Crippen LogP contribution in [0.1, 0.15) is 39.3 Å². The molecular weight excluding hydrogens is 350 g/mol. The molecule has 0 aromatic heterocycles.